The third kappa shape index (κ3) is 6.07. The second-order valence-electron chi connectivity index (χ2n) is 15.7. The van der Waals surface area contributed by atoms with Gasteiger partial charge in [-0.25, -0.2) is 17.6 Å². The largest absolute Gasteiger partial charge is 0.508 e. The number of hydrogen-bond acceptors (Lipinski definition) is 7. The van der Waals surface area contributed by atoms with Gasteiger partial charge in [0.25, 0.3) is 0 Å². The molecule has 0 radical (unpaired) electrons. The second kappa shape index (κ2) is 13.5. The van der Waals surface area contributed by atoms with Gasteiger partial charge in [-0.15, -0.1) is 5.54 Å². The van der Waals surface area contributed by atoms with E-state index in [0.29, 0.717) is 18.4 Å². The Labute approximate surface area is 308 Å². The average molecular weight is 737 g/mol. The molecule has 0 spiro atoms. The van der Waals surface area contributed by atoms with Gasteiger partial charge in [-0.05, 0) is 59.6 Å². The zero-order valence-electron chi connectivity index (χ0n) is 33.4. The maximum absolute atomic E-state index is 17.3. The number of nitrogens with zero attached hydrogens (tertiary/aromatic N) is 5. The summed E-state index contributed by atoms with van der Waals surface area (Å²) < 4.78 is 93.4. The van der Waals surface area contributed by atoms with Gasteiger partial charge in [0, 0.05) is 47.6 Å². The smallest absolute Gasteiger partial charge is 0.319 e. The van der Waals surface area contributed by atoms with Crippen molar-refractivity contribution in [2.45, 2.75) is 108 Å². The molecule has 1 N–H and O–H groups in total. The third-order valence-electron chi connectivity index (χ3n) is 11.7. The predicted octanol–water partition coefficient (Wildman–Crippen LogP) is 8.90. The summed E-state index contributed by atoms with van der Waals surface area (Å²) in [6.45, 7) is 10.9. The number of phenols is 1. The number of pyridine rings is 1. The summed E-state index contributed by atoms with van der Waals surface area (Å²) in [7, 11) is -2.35. The number of benzene rings is 2. The minimum Gasteiger partial charge on any atom is -0.508 e. The lowest BCUT2D eigenvalue weighted by Crippen LogP contribution is -2.43. The molecule has 7 nitrogen and oxygen atoms in total. The fourth-order valence-electron chi connectivity index (χ4n) is 9.02. The fourth-order valence-corrected chi connectivity index (χ4v) is 14.2. The first-order valence-corrected chi connectivity index (χ1v) is 20.4. The highest BCUT2D eigenvalue weighted by atomic mass is 28.3. The van der Waals surface area contributed by atoms with Crippen LogP contribution in [0.4, 0.5) is 23.4 Å². The van der Waals surface area contributed by atoms with Crippen molar-refractivity contribution in [2.75, 3.05) is 31.6 Å². The molecule has 4 aromatic rings. The Hall–Kier alpha value is -3.95. The summed E-state index contributed by atoms with van der Waals surface area (Å²) in [5.74, 6) is 1.05. The number of ether oxygens (including phenoxy) is 1. The van der Waals surface area contributed by atoms with Gasteiger partial charge < -0.3 is 14.7 Å². The molecule has 3 fully saturated rings. The Bertz CT molecular complexity index is 2190. The Kier molecular flexibility index (Phi) is 8.47. The molecule has 12 heteroatoms. The van der Waals surface area contributed by atoms with Gasteiger partial charge in [-0.1, -0.05) is 53.5 Å². The van der Waals surface area contributed by atoms with E-state index in [1.165, 1.54) is 30.5 Å². The first-order chi connectivity index (χ1) is 25.9. The summed E-state index contributed by atoms with van der Waals surface area (Å²) in [6, 6.07) is 4.08. The van der Waals surface area contributed by atoms with Crippen molar-refractivity contribution in [2.24, 2.45) is 0 Å². The van der Waals surface area contributed by atoms with Crippen LogP contribution < -0.4 is 9.64 Å². The van der Waals surface area contributed by atoms with Crippen molar-refractivity contribution in [3.63, 3.8) is 0 Å². The number of aromatic nitrogens is 3. The lowest BCUT2D eigenvalue weighted by atomic mass is 9.95. The van der Waals surface area contributed by atoms with Crippen molar-refractivity contribution in [3.8, 4) is 34.5 Å². The molecule has 276 valence electrons. The van der Waals surface area contributed by atoms with E-state index in [4.69, 9.17) is 8.85 Å². The molecule has 7 rings (SSSR count). The van der Waals surface area contributed by atoms with E-state index < -0.39 is 50.6 Å². The van der Waals surface area contributed by atoms with Gasteiger partial charge in [0.15, 0.2) is 5.82 Å². The lowest BCUT2D eigenvalue weighted by Gasteiger charge is -2.38. The molecule has 1 saturated carbocycles. The molecule has 52 heavy (non-hydrogen) atoms. The third-order valence-corrected chi connectivity index (χ3v) is 18.0. The van der Waals surface area contributed by atoms with Crippen LogP contribution in [0, 0.1) is 23.1 Å². The van der Waals surface area contributed by atoms with Crippen molar-refractivity contribution in [3.05, 3.63) is 47.7 Å². The molecule has 2 aromatic carbocycles. The first kappa shape index (κ1) is 32.7. The molecule has 4 heterocycles. The summed E-state index contributed by atoms with van der Waals surface area (Å²) in [5.41, 5.74) is 3.13. The number of rotatable bonds is 9. The normalized spacial score (nSPS) is 24.2. The predicted molar refractivity (Wildman–Crippen MR) is 200 cm³/mol. The van der Waals surface area contributed by atoms with Crippen molar-refractivity contribution in [1.82, 2.24) is 19.9 Å². The number of phenolic OH excluding ortho intramolecular Hbond substituents is 1. The Morgan fingerprint density at radius 3 is 2.52 bits per heavy atom. The molecule has 2 saturated heterocycles. The Morgan fingerprint density at radius 2 is 1.85 bits per heavy atom. The zero-order chi connectivity index (χ0) is 39.8. The average Bonchev–Trinajstić information content (AvgIpc) is 3.52. The molecule has 2 aromatic heterocycles. The number of aromatic hydroxyl groups is 1. The quantitative estimate of drug-likeness (QED) is 0.105. The molecule has 0 unspecified atom stereocenters. The number of anilines is 1. The van der Waals surface area contributed by atoms with E-state index in [9.17, 15) is 13.9 Å². The van der Waals surface area contributed by atoms with Crippen LogP contribution in [0.3, 0.4) is 0 Å². The molecule has 4 atom stereocenters. The molecule has 1 aliphatic carbocycles. The van der Waals surface area contributed by atoms with E-state index in [1.54, 1.807) is 0 Å². The molecular weight excluding hydrogens is 687 g/mol. The summed E-state index contributed by atoms with van der Waals surface area (Å²) >= 11 is 0. The first-order valence-electron chi connectivity index (χ1n) is 19.7. The van der Waals surface area contributed by atoms with Crippen LogP contribution in [0.15, 0.2) is 30.5 Å². The summed E-state index contributed by atoms with van der Waals surface area (Å²) in [6.07, 6.45) is 0.406. The van der Waals surface area contributed by atoms with Gasteiger partial charge >= 0.3 is 6.01 Å². The molecule has 0 bridgehead atoms. The highest BCUT2D eigenvalue weighted by Gasteiger charge is 2.49. The molecule has 2 aliphatic heterocycles. The topological polar surface area (TPSA) is 74.6 Å². The van der Waals surface area contributed by atoms with E-state index in [2.05, 4.69) is 68.0 Å². The van der Waals surface area contributed by atoms with Gasteiger partial charge in [-0.3, -0.25) is 9.88 Å². The number of alkyl halides is 2. The SMILES string of the molecule is [2H]C([2H])([2H])N(c1nc(OC[C@@]23CCCN2C[C@H](F)C3)nc2c(F)c(-c3cc(O)cc4ccc(F)c(C#C[Si](C(C)C)(C(C)C)C(C)C)c34)ncc12)[C@H]1C[C@@H]1F. The van der Waals surface area contributed by atoms with Crippen LogP contribution in [0.25, 0.3) is 32.9 Å². The van der Waals surface area contributed by atoms with Gasteiger partial charge in [0.1, 0.15) is 55.6 Å². The minimum absolute atomic E-state index is 0.0205. The maximum atomic E-state index is 17.3. The monoisotopic (exact) mass is 736 g/mol. The lowest BCUT2D eigenvalue weighted by molar-refractivity contribution is 0.107. The Balaban J connectivity index is 1.43. The summed E-state index contributed by atoms with van der Waals surface area (Å²) in [4.78, 5) is 16.1. The number of hydrogen-bond donors (Lipinski definition) is 1. The van der Waals surface area contributed by atoms with E-state index in [0.717, 1.165) is 11.3 Å². The van der Waals surface area contributed by atoms with Crippen LogP contribution in [0.2, 0.25) is 16.6 Å². The highest BCUT2D eigenvalue weighted by molar-refractivity contribution is 6.90. The number of fused-ring (bicyclic) bond motifs is 3. The van der Waals surface area contributed by atoms with Gasteiger partial charge in [-0.2, -0.15) is 9.97 Å². The van der Waals surface area contributed by atoms with Crippen LogP contribution >= 0.6 is 0 Å². The minimum atomic E-state index is -2.87. The fraction of sp³-hybridized carbons (Fsp3) is 0.525. The van der Waals surface area contributed by atoms with Gasteiger partial charge in [0.05, 0.1) is 22.5 Å². The number of halogens is 4. The summed E-state index contributed by atoms with van der Waals surface area (Å²) in [5, 5.41) is 11.4. The zero-order valence-corrected chi connectivity index (χ0v) is 31.4. The highest BCUT2D eigenvalue weighted by Crippen LogP contribution is 2.44. The van der Waals surface area contributed by atoms with Crippen molar-refractivity contribution >= 4 is 35.6 Å². The standard InChI is InChI=1S/C40H47F4N5O2Si/c1-22(2)52(23(3)4,24(5)6)14-11-28-31(42)10-9-25-15-27(50)16-29(34(25)28)36-35(44)37-30(19-45-36)38(48(7)33-17-32(33)43)47-39(46-37)51-21-40-12-8-13-49(40)20-26(41)18-40/h9-10,15-16,19,22-24,26,32-33,50H,8,12-13,17-18,20-21H2,1-7H3/t26-,32+,33+,40+/m1/s1/i7D3. The van der Waals surface area contributed by atoms with E-state index in [1.807, 2.05) is 4.90 Å². The van der Waals surface area contributed by atoms with Gasteiger partial charge in [0.2, 0.25) is 0 Å². The maximum Gasteiger partial charge on any atom is 0.319 e. The molecular formula is C40H47F4N5O2Si. The van der Waals surface area contributed by atoms with E-state index >= 15 is 8.78 Å². The van der Waals surface area contributed by atoms with Crippen LogP contribution in [-0.4, -0.2) is 83.6 Å². The Morgan fingerprint density at radius 1 is 1.12 bits per heavy atom. The van der Waals surface area contributed by atoms with Crippen LogP contribution in [-0.2, 0) is 0 Å². The van der Waals surface area contributed by atoms with Crippen molar-refractivity contribution < 1.29 is 31.5 Å². The molecule has 0 amide bonds. The molecule has 3 aliphatic rings. The van der Waals surface area contributed by atoms with Crippen LogP contribution in [0.5, 0.6) is 11.8 Å². The van der Waals surface area contributed by atoms with Crippen molar-refractivity contribution in [1.29, 1.82) is 0 Å². The second-order valence-corrected chi connectivity index (χ2v) is 21.3. The van der Waals surface area contributed by atoms with E-state index in [-0.39, 0.29) is 93.3 Å². The van der Waals surface area contributed by atoms with Crippen LogP contribution in [0.1, 0.15) is 76.9 Å².